The van der Waals surface area contributed by atoms with E-state index in [1.165, 1.54) is 12.1 Å². The lowest BCUT2D eigenvalue weighted by Gasteiger charge is -2.10. The Morgan fingerprint density at radius 2 is 2.21 bits per heavy atom. The number of aromatic nitrogens is 2. The van der Waals surface area contributed by atoms with Crippen LogP contribution in [0.2, 0.25) is 0 Å². The molecule has 1 aromatic carbocycles. The summed E-state index contributed by atoms with van der Waals surface area (Å²) in [5, 5.41) is 16.5. The lowest BCUT2D eigenvalue weighted by atomic mass is 9.94. The molecule has 0 fully saturated rings. The van der Waals surface area contributed by atoms with E-state index < -0.39 is 11.9 Å². The van der Waals surface area contributed by atoms with Crippen LogP contribution in [-0.2, 0) is 17.6 Å². The molecule has 19 heavy (non-hydrogen) atoms. The second kappa shape index (κ2) is 5.60. The maximum absolute atomic E-state index is 13.1. The largest absolute Gasteiger partial charge is 0.481 e. The zero-order valence-corrected chi connectivity index (χ0v) is 10.3. The van der Waals surface area contributed by atoms with E-state index in [1.54, 1.807) is 19.1 Å². The number of aliphatic carboxylic acids is 1. The Morgan fingerprint density at radius 1 is 1.42 bits per heavy atom. The highest BCUT2D eigenvalue weighted by atomic mass is 19.1. The minimum absolute atomic E-state index is 0.210. The van der Waals surface area contributed by atoms with Gasteiger partial charge in [0.15, 0.2) is 0 Å². The summed E-state index contributed by atoms with van der Waals surface area (Å²) >= 11 is 0. The molecule has 0 spiro atoms. The smallest absolute Gasteiger partial charge is 0.307 e. The van der Waals surface area contributed by atoms with E-state index in [1.807, 2.05) is 0 Å². The number of carbonyl (C=O) groups is 1. The molecule has 0 bridgehead atoms. The van der Waals surface area contributed by atoms with E-state index in [2.05, 4.69) is 14.9 Å². The summed E-state index contributed by atoms with van der Waals surface area (Å²) in [6.45, 7) is 1.70. The molecule has 5 nitrogen and oxygen atoms in total. The third kappa shape index (κ3) is 3.37. The van der Waals surface area contributed by atoms with Crippen molar-refractivity contribution >= 4 is 5.97 Å². The van der Waals surface area contributed by atoms with E-state index >= 15 is 0 Å². The molecule has 0 aliphatic carbocycles. The lowest BCUT2D eigenvalue weighted by Crippen LogP contribution is -2.19. The molecule has 1 aromatic heterocycles. The van der Waals surface area contributed by atoms with Gasteiger partial charge in [0.2, 0.25) is 0 Å². The zero-order valence-electron chi connectivity index (χ0n) is 10.3. The second-order valence-electron chi connectivity index (χ2n) is 4.37. The fourth-order valence-corrected chi connectivity index (χ4v) is 1.86. The minimum atomic E-state index is -0.952. The first kappa shape index (κ1) is 13.2. The first-order chi connectivity index (χ1) is 9.06. The van der Waals surface area contributed by atoms with Crippen molar-refractivity contribution in [3.05, 3.63) is 47.0 Å². The van der Waals surface area contributed by atoms with Crippen molar-refractivity contribution in [1.82, 2.24) is 10.3 Å². The van der Waals surface area contributed by atoms with Crippen molar-refractivity contribution in [1.29, 1.82) is 0 Å². The molecule has 2 aromatic rings. The highest BCUT2D eigenvalue weighted by Crippen LogP contribution is 2.16. The molecular formula is C13H13FN2O3. The van der Waals surface area contributed by atoms with Crippen LogP contribution in [0.1, 0.15) is 17.0 Å². The summed E-state index contributed by atoms with van der Waals surface area (Å²) < 4.78 is 17.6. The summed E-state index contributed by atoms with van der Waals surface area (Å²) in [5.74, 6) is -2.01. The van der Waals surface area contributed by atoms with Gasteiger partial charge < -0.3 is 5.11 Å². The van der Waals surface area contributed by atoms with E-state index in [0.717, 1.165) is 0 Å². The second-order valence-corrected chi connectivity index (χ2v) is 4.37. The zero-order chi connectivity index (χ0) is 13.8. The van der Waals surface area contributed by atoms with Crippen molar-refractivity contribution in [3.8, 4) is 0 Å². The first-order valence-corrected chi connectivity index (χ1v) is 5.81. The van der Waals surface area contributed by atoms with Crippen LogP contribution in [0.5, 0.6) is 0 Å². The molecular weight excluding hydrogens is 251 g/mol. The number of halogens is 1. The summed E-state index contributed by atoms with van der Waals surface area (Å²) in [4.78, 5) is 11.3. The lowest BCUT2D eigenvalue weighted by molar-refractivity contribution is -0.141. The number of benzene rings is 1. The fourth-order valence-electron chi connectivity index (χ4n) is 1.86. The van der Waals surface area contributed by atoms with E-state index in [9.17, 15) is 14.3 Å². The topological polar surface area (TPSA) is 76.2 Å². The number of carboxylic acids is 1. The Bertz CT molecular complexity index is 583. The minimum Gasteiger partial charge on any atom is -0.481 e. The summed E-state index contributed by atoms with van der Waals surface area (Å²) in [7, 11) is 0. The number of rotatable bonds is 5. The predicted octanol–water partition coefficient (Wildman–Crippen LogP) is 2.00. The van der Waals surface area contributed by atoms with Gasteiger partial charge >= 0.3 is 5.97 Å². The van der Waals surface area contributed by atoms with Crippen molar-refractivity contribution < 1.29 is 18.9 Å². The maximum Gasteiger partial charge on any atom is 0.307 e. The van der Waals surface area contributed by atoms with Crippen LogP contribution >= 0.6 is 0 Å². The van der Waals surface area contributed by atoms with Crippen molar-refractivity contribution in [3.63, 3.8) is 0 Å². The first-order valence-electron chi connectivity index (χ1n) is 5.81. The van der Waals surface area contributed by atoms with Gasteiger partial charge in [0.05, 0.1) is 5.92 Å². The SMILES string of the molecule is Cc1nonc1CC(Cc1cccc(F)c1)C(=O)O. The molecule has 1 heterocycles. The Kier molecular flexibility index (Phi) is 3.89. The van der Waals surface area contributed by atoms with Crippen molar-refractivity contribution in [2.24, 2.45) is 5.92 Å². The van der Waals surface area contributed by atoms with Crippen LogP contribution in [0.25, 0.3) is 0 Å². The van der Waals surface area contributed by atoms with Gasteiger partial charge in [-0.2, -0.15) is 0 Å². The van der Waals surface area contributed by atoms with Crippen LogP contribution in [0.15, 0.2) is 28.9 Å². The average molecular weight is 264 g/mol. The molecule has 1 unspecified atom stereocenters. The Morgan fingerprint density at radius 3 is 2.79 bits per heavy atom. The van der Waals surface area contributed by atoms with Gasteiger partial charge in [0, 0.05) is 6.42 Å². The normalized spacial score (nSPS) is 12.3. The highest BCUT2D eigenvalue weighted by Gasteiger charge is 2.22. The maximum atomic E-state index is 13.1. The molecule has 100 valence electrons. The van der Waals surface area contributed by atoms with E-state index in [0.29, 0.717) is 17.0 Å². The third-order valence-corrected chi connectivity index (χ3v) is 2.91. The third-order valence-electron chi connectivity index (χ3n) is 2.91. The summed E-state index contributed by atoms with van der Waals surface area (Å²) in [6, 6.07) is 5.92. The summed E-state index contributed by atoms with van der Waals surface area (Å²) in [6.07, 6.45) is 0.445. The Balaban J connectivity index is 2.13. The number of carboxylic acid groups (broad SMARTS) is 1. The van der Waals surface area contributed by atoms with E-state index in [4.69, 9.17) is 0 Å². The molecule has 0 aliphatic heterocycles. The van der Waals surface area contributed by atoms with Crippen LogP contribution < -0.4 is 0 Å². The Labute approximate surface area is 109 Å². The molecule has 2 rings (SSSR count). The van der Waals surface area contributed by atoms with Gasteiger partial charge in [-0.15, -0.1) is 0 Å². The number of nitrogens with zero attached hydrogens (tertiary/aromatic N) is 2. The molecule has 0 saturated heterocycles. The van der Waals surface area contributed by atoms with Crippen LogP contribution in [0, 0.1) is 18.7 Å². The quantitative estimate of drug-likeness (QED) is 0.893. The summed E-state index contributed by atoms with van der Waals surface area (Å²) in [5.41, 5.74) is 1.73. The predicted molar refractivity (Wildman–Crippen MR) is 64.0 cm³/mol. The number of aryl methyl sites for hydroxylation is 1. The number of hydrogen-bond donors (Lipinski definition) is 1. The highest BCUT2D eigenvalue weighted by molar-refractivity contribution is 5.70. The van der Waals surface area contributed by atoms with Crippen molar-refractivity contribution in [2.75, 3.05) is 0 Å². The van der Waals surface area contributed by atoms with Gasteiger partial charge in [-0.05, 0) is 31.0 Å². The molecule has 1 atom stereocenters. The van der Waals surface area contributed by atoms with Gasteiger partial charge in [-0.25, -0.2) is 9.02 Å². The van der Waals surface area contributed by atoms with E-state index in [-0.39, 0.29) is 18.7 Å². The van der Waals surface area contributed by atoms with Crippen LogP contribution in [0.4, 0.5) is 4.39 Å². The van der Waals surface area contributed by atoms with Crippen molar-refractivity contribution in [2.45, 2.75) is 19.8 Å². The molecule has 0 aliphatic rings. The van der Waals surface area contributed by atoms with Crippen LogP contribution in [-0.4, -0.2) is 21.4 Å². The van der Waals surface area contributed by atoms with Crippen LogP contribution in [0.3, 0.4) is 0 Å². The van der Waals surface area contributed by atoms with Gasteiger partial charge in [0.1, 0.15) is 17.2 Å². The van der Waals surface area contributed by atoms with Gasteiger partial charge in [0.25, 0.3) is 0 Å². The monoisotopic (exact) mass is 264 g/mol. The fraction of sp³-hybridized carbons (Fsp3) is 0.308. The molecule has 0 radical (unpaired) electrons. The van der Waals surface area contributed by atoms with Gasteiger partial charge in [-0.3, -0.25) is 4.79 Å². The number of hydrogen-bond acceptors (Lipinski definition) is 4. The molecule has 0 saturated carbocycles. The standard InChI is InChI=1S/C13H13FN2O3/c1-8-12(16-19-15-8)7-10(13(17)18)5-9-3-2-4-11(14)6-9/h2-4,6,10H,5,7H2,1H3,(H,17,18). The average Bonchev–Trinajstić information content (AvgIpc) is 2.74. The molecule has 1 N–H and O–H groups in total. The Hall–Kier alpha value is -2.24. The molecule has 0 amide bonds. The molecule has 6 heteroatoms. The van der Waals surface area contributed by atoms with Gasteiger partial charge in [-0.1, -0.05) is 22.4 Å².